The van der Waals surface area contributed by atoms with Crippen LogP contribution in [0.4, 0.5) is 0 Å². The normalized spacial score (nSPS) is 15.9. The molecule has 0 atom stereocenters. The van der Waals surface area contributed by atoms with Crippen LogP contribution in [0.5, 0.6) is 0 Å². The number of nitrogens with zero attached hydrogens (tertiary/aromatic N) is 2. The number of hydrogen-bond acceptors (Lipinski definition) is 3. The molecule has 1 aromatic heterocycles. The quantitative estimate of drug-likeness (QED) is 0.203. The fraction of sp³-hybridized carbons (Fsp3) is 0.290. The average Bonchev–Trinajstić information content (AvgIpc) is 2.91. The number of hydrogen-bond donors (Lipinski definition) is 0. The van der Waals surface area contributed by atoms with Crippen LogP contribution in [0.2, 0.25) is 5.02 Å². The lowest BCUT2D eigenvalue weighted by molar-refractivity contribution is 0.282. The third-order valence-corrected chi connectivity index (χ3v) is 9.17. The van der Waals surface area contributed by atoms with Gasteiger partial charge in [0.05, 0.1) is 17.8 Å². The Kier molecular flexibility index (Phi) is 6.49. The molecule has 1 saturated carbocycles. The Morgan fingerprint density at radius 3 is 2.42 bits per heavy atom. The highest BCUT2D eigenvalue weighted by molar-refractivity contribution is 7.98. The van der Waals surface area contributed by atoms with Crippen molar-refractivity contribution in [2.24, 2.45) is 0 Å². The van der Waals surface area contributed by atoms with Gasteiger partial charge in [-0.3, -0.25) is 9.36 Å². The molecule has 182 valence electrons. The second-order valence-corrected chi connectivity index (χ2v) is 11.4. The molecule has 2 aliphatic carbocycles. The lowest BCUT2D eigenvalue weighted by Crippen LogP contribution is -2.43. The molecule has 0 bridgehead atoms. The van der Waals surface area contributed by atoms with Gasteiger partial charge in [0, 0.05) is 21.8 Å². The first kappa shape index (κ1) is 23.6. The molecule has 1 heterocycles. The maximum Gasteiger partial charge on any atom is 0.258 e. The molecule has 0 N–H and O–H groups in total. The van der Waals surface area contributed by atoms with E-state index in [0.717, 1.165) is 57.4 Å². The Morgan fingerprint density at radius 1 is 0.889 bits per heavy atom. The van der Waals surface area contributed by atoms with Crippen molar-refractivity contribution in [1.29, 1.82) is 0 Å². The van der Waals surface area contributed by atoms with Gasteiger partial charge in [0.15, 0.2) is 5.16 Å². The minimum Gasteiger partial charge on any atom is -0.283 e. The highest BCUT2D eigenvalue weighted by atomic mass is 35.5. The van der Waals surface area contributed by atoms with Gasteiger partial charge in [-0.15, -0.1) is 0 Å². The minimum atomic E-state index is -0.115. The van der Waals surface area contributed by atoms with Crippen molar-refractivity contribution < 1.29 is 0 Å². The van der Waals surface area contributed by atoms with Gasteiger partial charge in [0.25, 0.3) is 5.56 Å². The first-order valence-electron chi connectivity index (χ1n) is 12.8. The van der Waals surface area contributed by atoms with E-state index in [1.165, 1.54) is 24.8 Å². The Hall–Kier alpha value is -2.82. The first-order chi connectivity index (χ1) is 17.6. The zero-order valence-electron chi connectivity index (χ0n) is 20.3. The van der Waals surface area contributed by atoms with Crippen LogP contribution in [0.25, 0.3) is 11.3 Å². The molecule has 1 fully saturated rings. The van der Waals surface area contributed by atoms with Gasteiger partial charge in [-0.2, -0.15) is 0 Å². The fourth-order valence-electron chi connectivity index (χ4n) is 6.00. The van der Waals surface area contributed by atoms with Crippen molar-refractivity contribution in [3.63, 3.8) is 0 Å². The van der Waals surface area contributed by atoms with Crippen molar-refractivity contribution in [2.75, 3.05) is 0 Å². The summed E-state index contributed by atoms with van der Waals surface area (Å²) in [5, 5.41) is 1.50. The Morgan fingerprint density at radius 2 is 1.61 bits per heavy atom. The highest BCUT2D eigenvalue weighted by Crippen LogP contribution is 2.49. The van der Waals surface area contributed by atoms with Crippen LogP contribution < -0.4 is 5.56 Å². The fourth-order valence-corrected chi connectivity index (χ4v) is 7.27. The molecule has 36 heavy (non-hydrogen) atoms. The summed E-state index contributed by atoms with van der Waals surface area (Å²) in [5.74, 6) is 0.659. The molecule has 1 spiro atoms. The van der Waals surface area contributed by atoms with E-state index in [1.807, 2.05) is 47.0 Å². The molecule has 2 aliphatic rings. The van der Waals surface area contributed by atoms with Crippen LogP contribution in [-0.4, -0.2) is 9.55 Å². The van der Waals surface area contributed by atoms with Crippen LogP contribution in [0.3, 0.4) is 0 Å². The molecule has 3 nitrogen and oxygen atoms in total. The maximum absolute atomic E-state index is 14.5. The number of aromatic nitrogens is 2. The molecule has 5 heteroatoms. The molecule has 0 aliphatic heterocycles. The van der Waals surface area contributed by atoms with Crippen LogP contribution >= 0.6 is 23.4 Å². The number of benzene rings is 3. The van der Waals surface area contributed by atoms with Gasteiger partial charge in [-0.25, -0.2) is 4.98 Å². The van der Waals surface area contributed by atoms with E-state index < -0.39 is 0 Å². The number of thioether (sulfide) groups is 1. The van der Waals surface area contributed by atoms with Crippen LogP contribution in [0.15, 0.2) is 88.8 Å². The van der Waals surface area contributed by atoms with Crippen molar-refractivity contribution >= 4 is 23.4 Å². The van der Waals surface area contributed by atoms with E-state index in [2.05, 4.69) is 36.4 Å². The second-order valence-electron chi connectivity index (χ2n) is 10.0. The first-order valence-corrected chi connectivity index (χ1v) is 14.1. The lowest BCUT2D eigenvalue weighted by atomic mass is 9.62. The smallest absolute Gasteiger partial charge is 0.258 e. The minimum absolute atomic E-state index is 0.115. The van der Waals surface area contributed by atoms with Gasteiger partial charge >= 0.3 is 0 Å². The SMILES string of the molecule is O=c1c2c(nc(SCc3ccccc3Cl)n1Cc1ccccc1)-c1ccccc1CC21CCCCC1. The zero-order valence-corrected chi connectivity index (χ0v) is 21.8. The Bertz CT molecular complexity index is 1460. The van der Waals surface area contributed by atoms with Crippen LogP contribution in [-0.2, 0) is 24.1 Å². The van der Waals surface area contributed by atoms with Gasteiger partial charge in [0.2, 0.25) is 0 Å². The predicted octanol–water partition coefficient (Wildman–Crippen LogP) is 7.66. The number of fused-ring (bicyclic) bond motifs is 4. The molecular weight excluding hydrogens is 484 g/mol. The van der Waals surface area contributed by atoms with E-state index >= 15 is 0 Å². The van der Waals surface area contributed by atoms with Gasteiger partial charge < -0.3 is 0 Å². The second kappa shape index (κ2) is 9.91. The van der Waals surface area contributed by atoms with E-state index in [4.69, 9.17) is 16.6 Å². The lowest BCUT2D eigenvalue weighted by Gasteiger charge is -2.42. The third-order valence-electron chi connectivity index (χ3n) is 7.77. The van der Waals surface area contributed by atoms with E-state index in [9.17, 15) is 4.79 Å². The zero-order chi connectivity index (χ0) is 24.5. The predicted molar refractivity (Wildman–Crippen MR) is 149 cm³/mol. The molecule has 6 rings (SSSR count). The van der Waals surface area contributed by atoms with Crippen molar-refractivity contribution in [3.05, 3.63) is 116 Å². The maximum atomic E-state index is 14.5. The Balaban J connectivity index is 1.53. The number of halogens is 1. The summed E-state index contributed by atoms with van der Waals surface area (Å²) in [5.41, 5.74) is 6.45. The summed E-state index contributed by atoms with van der Waals surface area (Å²) < 4.78 is 1.92. The molecule has 0 saturated heterocycles. The summed E-state index contributed by atoms with van der Waals surface area (Å²) >= 11 is 8.07. The molecule has 0 amide bonds. The molecule has 0 unspecified atom stereocenters. The van der Waals surface area contributed by atoms with E-state index in [1.54, 1.807) is 11.8 Å². The van der Waals surface area contributed by atoms with E-state index in [-0.39, 0.29) is 11.0 Å². The van der Waals surface area contributed by atoms with E-state index in [0.29, 0.717) is 12.3 Å². The summed E-state index contributed by atoms with van der Waals surface area (Å²) in [6, 6.07) is 26.7. The van der Waals surface area contributed by atoms with Gasteiger partial charge in [-0.05, 0) is 42.0 Å². The third kappa shape index (κ3) is 4.31. The summed E-state index contributed by atoms with van der Waals surface area (Å²) in [4.78, 5) is 19.8. The monoisotopic (exact) mass is 512 g/mol. The molecule has 4 aromatic rings. The molecule has 0 radical (unpaired) electrons. The van der Waals surface area contributed by atoms with Gasteiger partial charge in [0.1, 0.15) is 0 Å². The molecule has 3 aromatic carbocycles. The summed E-state index contributed by atoms with van der Waals surface area (Å²) in [6.07, 6.45) is 6.64. The summed E-state index contributed by atoms with van der Waals surface area (Å²) in [7, 11) is 0. The Labute approximate surface area is 221 Å². The number of rotatable bonds is 5. The van der Waals surface area contributed by atoms with Crippen LogP contribution in [0, 0.1) is 0 Å². The highest BCUT2D eigenvalue weighted by Gasteiger charge is 2.43. The summed E-state index contributed by atoms with van der Waals surface area (Å²) in [6.45, 7) is 0.516. The average molecular weight is 513 g/mol. The molecular formula is C31H29ClN2OS. The topological polar surface area (TPSA) is 34.9 Å². The van der Waals surface area contributed by atoms with Crippen LogP contribution in [0.1, 0.15) is 54.4 Å². The largest absolute Gasteiger partial charge is 0.283 e. The van der Waals surface area contributed by atoms with Crippen molar-refractivity contribution in [3.8, 4) is 11.3 Å². The van der Waals surface area contributed by atoms with Crippen molar-refractivity contribution in [2.45, 2.75) is 61.4 Å². The van der Waals surface area contributed by atoms with Crippen molar-refractivity contribution in [1.82, 2.24) is 9.55 Å². The van der Waals surface area contributed by atoms with Gasteiger partial charge in [-0.1, -0.05) is 115 Å². The standard InChI is InChI=1S/C31H29ClN2OS/c32-26-16-8-6-14-24(26)21-36-30-33-28-25-15-7-5-13-23(25)19-31(17-9-2-10-18-31)27(28)29(35)34(30)20-22-11-3-1-4-12-22/h1,3-8,11-16H,2,9-10,17-21H2.